The van der Waals surface area contributed by atoms with Gasteiger partial charge in [0.15, 0.2) is 5.83 Å². The molecule has 42 heavy (non-hydrogen) atoms. The number of aromatic nitrogens is 4. The van der Waals surface area contributed by atoms with E-state index < -0.39 is 29.7 Å². The van der Waals surface area contributed by atoms with Gasteiger partial charge in [-0.05, 0) is 42.0 Å². The number of alkyl halides is 2. The number of amides is 1. The molecule has 0 saturated carbocycles. The Morgan fingerprint density at radius 3 is 2.55 bits per heavy atom. The molecular formula is C29H19F4N7O2. The Balaban J connectivity index is 1.64. The predicted molar refractivity (Wildman–Crippen MR) is 147 cm³/mol. The topological polar surface area (TPSA) is 132 Å². The van der Waals surface area contributed by atoms with Crippen molar-refractivity contribution in [2.24, 2.45) is 7.05 Å². The number of fused-ring (bicyclic) bond motifs is 1. The van der Waals surface area contributed by atoms with Crippen LogP contribution in [0.15, 0.2) is 73.3 Å². The number of nitriles is 1. The SMILES string of the molecule is C=C(F)C(=O)Nc1ccc(-c2c(-c3ccc(Oc4nccc(C(F)F)n4)cc3)c3c(N)ncc(C#N)c3n2C)c(F)c1. The third-order valence-corrected chi connectivity index (χ3v) is 6.32. The highest BCUT2D eigenvalue weighted by Gasteiger charge is 2.25. The van der Waals surface area contributed by atoms with Crippen molar-refractivity contribution in [2.45, 2.75) is 6.43 Å². The summed E-state index contributed by atoms with van der Waals surface area (Å²) in [6.07, 6.45) is -0.328. The lowest BCUT2D eigenvalue weighted by atomic mass is 9.97. The number of carbonyl (C=O) groups is 1. The molecule has 3 aromatic heterocycles. The number of halogens is 4. The van der Waals surface area contributed by atoms with Gasteiger partial charge in [0.1, 0.15) is 29.1 Å². The Morgan fingerprint density at radius 1 is 1.17 bits per heavy atom. The van der Waals surface area contributed by atoms with E-state index >= 15 is 4.39 Å². The average molecular weight is 574 g/mol. The third kappa shape index (κ3) is 5.08. The van der Waals surface area contributed by atoms with Crippen molar-refractivity contribution >= 4 is 28.3 Å². The van der Waals surface area contributed by atoms with Crippen LogP contribution in [0.25, 0.3) is 33.3 Å². The lowest BCUT2D eigenvalue weighted by Crippen LogP contribution is -2.11. The Morgan fingerprint density at radius 2 is 1.90 bits per heavy atom. The second kappa shape index (κ2) is 11.0. The predicted octanol–water partition coefficient (Wildman–Crippen LogP) is 6.44. The van der Waals surface area contributed by atoms with Gasteiger partial charge in [-0.2, -0.15) is 10.2 Å². The van der Waals surface area contributed by atoms with E-state index in [2.05, 4.69) is 32.9 Å². The molecule has 0 aliphatic carbocycles. The number of nitrogens with two attached hydrogens (primary N) is 1. The fraction of sp³-hybridized carbons (Fsp3) is 0.0690. The molecule has 0 fully saturated rings. The number of carbonyl (C=O) groups excluding carboxylic acids is 1. The summed E-state index contributed by atoms with van der Waals surface area (Å²) in [4.78, 5) is 23.4. The molecule has 0 atom stereocenters. The first-order valence-corrected chi connectivity index (χ1v) is 12.1. The summed E-state index contributed by atoms with van der Waals surface area (Å²) in [6.45, 7) is 2.92. The first-order valence-electron chi connectivity index (χ1n) is 12.1. The molecule has 2 aromatic carbocycles. The molecule has 0 radical (unpaired) electrons. The first kappa shape index (κ1) is 27.8. The number of aryl methyl sites for hydroxylation is 1. The minimum atomic E-state index is -2.80. The second-order valence-electron chi connectivity index (χ2n) is 8.92. The number of anilines is 2. The highest BCUT2D eigenvalue weighted by molar-refractivity contribution is 6.11. The van der Waals surface area contributed by atoms with Crippen LogP contribution in [-0.4, -0.2) is 25.4 Å². The molecule has 0 saturated heterocycles. The van der Waals surface area contributed by atoms with Gasteiger partial charge in [0.25, 0.3) is 12.3 Å². The number of rotatable bonds is 7. The van der Waals surface area contributed by atoms with Gasteiger partial charge in [-0.25, -0.2) is 27.5 Å². The van der Waals surface area contributed by atoms with Crippen molar-refractivity contribution in [3.05, 3.63) is 90.4 Å². The van der Waals surface area contributed by atoms with Crippen molar-refractivity contribution in [1.82, 2.24) is 19.5 Å². The Labute approximate surface area is 235 Å². The fourth-order valence-corrected chi connectivity index (χ4v) is 4.49. The van der Waals surface area contributed by atoms with E-state index in [1.807, 2.05) is 0 Å². The number of hydrogen-bond donors (Lipinski definition) is 2. The third-order valence-electron chi connectivity index (χ3n) is 6.32. The van der Waals surface area contributed by atoms with E-state index in [1.165, 1.54) is 30.5 Å². The van der Waals surface area contributed by atoms with Crippen molar-refractivity contribution in [2.75, 3.05) is 11.1 Å². The van der Waals surface area contributed by atoms with Crippen LogP contribution in [0.3, 0.4) is 0 Å². The molecule has 0 aliphatic rings. The van der Waals surface area contributed by atoms with Gasteiger partial charge in [-0.1, -0.05) is 18.7 Å². The van der Waals surface area contributed by atoms with Gasteiger partial charge in [0, 0.05) is 36.3 Å². The summed E-state index contributed by atoms with van der Waals surface area (Å²) < 4.78 is 61.9. The lowest BCUT2D eigenvalue weighted by molar-refractivity contribution is -0.114. The molecule has 9 nitrogen and oxygen atoms in total. The number of hydrogen-bond acceptors (Lipinski definition) is 7. The zero-order chi connectivity index (χ0) is 30.1. The number of ether oxygens (including phenoxy) is 1. The molecule has 5 rings (SSSR count). The van der Waals surface area contributed by atoms with E-state index in [0.29, 0.717) is 27.7 Å². The summed E-state index contributed by atoms with van der Waals surface area (Å²) in [5, 5.41) is 12.4. The normalized spacial score (nSPS) is 11.0. The van der Waals surface area contributed by atoms with Crippen LogP contribution in [0.4, 0.5) is 29.1 Å². The molecule has 210 valence electrons. The van der Waals surface area contributed by atoms with Crippen molar-refractivity contribution < 1.29 is 27.1 Å². The average Bonchev–Trinajstić information content (AvgIpc) is 3.27. The zero-order valence-electron chi connectivity index (χ0n) is 21.7. The van der Waals surface area contributed by atoms with Crippen LogP contribution in [0.5, 0.6) is 11.8 Å². The smallest absolute Gasteiger partial charge is 0.322 e. The monoisotopic (exact) mass is 573 g/mol. The summed E-state index contributed by atoms with van der Waals surface area (Å²) in [5.74, 6) is -2.78. The number of nitrogen functional groups attached to an aromatic ring is 1. The maximum atomic E-state index is 15.6. The summed E-state index contributed by atoms with van der Waals surface area (Å²) in [7, 11) is 1.63. The second-order valence-corrected chi connectivity index (χ2v) is 8.92. The molecule has 3 N–H and O–H groups in total. The Hall–Kier alpha value is -5.77. The van der Waals surface area contributed by atoms with Crippen molar-refractivity contribution in [1.29, 1.82) is 5.26 Å². The molecule has 5 aromatic rings. The summed E-state index contributed by atoms with van der Waals surface area (Å²) in [5.41, 5.74) is 7.75. The van der Waals surface area contributed by atoms with Crippen LogP contribution >= 0.6 is 0 Å². The van der Waals surface area contributed by atoms with Crippen LogP contribution in [0.1, 0.15) is 17.7 Å². The van der Waals surface area contributed by atoms with E-state index in [9.17, 15) is 23.2 Å². The number of benzene rings is 2. The molecule has 0 spiro atoms. The molecule has 0 unspecified atom stereocenters. The quantitative estimate of drug-likeness (QED) is 0.169. The number of pyridine rings is 1. The van der Waals surface area contributed by atoms with Gasteiger partial charge < -0.3 is 20.4 Å². The number of nitrogens with one attached hydrogen (secondary N) is 1. The van der Waals surface area contributed by atoms with Crippen LogP contribution in [0.2, 0.25) is 0 Å². The highest BCUT2D eigenvalue weighted by atomic mass is 19.3. The van der Waals surface area contributed by atoms with E-state index in [-0.39, 0.29) is 34.4 Å². The maximum absolute atomic E-state index is 15.6. The largest absolute Gasteiger partial charge is 0.424 e. The lowest BCUT2D eigenvalue weighted by Gasteiger charge is -2.12. The van der Waals surface area contributed by atoms with E-state index in [4.69, 9.17) is 10.5 Å². The van der Waals surface area contributed by atoms with Gasteiger partial charge >= 0.3 is 6.01 Å². The van der Waals surface area contributed by atoms with E-state index in [1.54, 1.807) is 23.7 Å². The maximum Gasteiger partial charge on any atom is 0.322 e. The van der Waals surface area contributed by atoms with Crippen LogP contribution in [-0.2, 0) is 11.8 Å². The van der Waals surface area contributed by atoms with E-state index in [0.717, 1.165) is 18.3 Å². The summed E-state index contributed by atoms with van der Waals surface area (Å²) in [6, 6.07) is 13.0. The summed E-state index contributed by atoms with van der Waals surface area (Å²) >= 11 is 0. The molecule has 3 heterocycles. The molecule has 0 bridgehead atoms. The minimum absolute atomic E-state index is 0.00103. The molecule has 0 aliphatic heterocycles. The molecule has 1 amide bonds. The van der Waals surface area contributed by atoms with Crippen LogP contribution in [0, 0.1) is 17.1 Å². The zero-order valence-corrected chi connectivity index (χ0v) is 21.7. The Kier molecular flexibility index (Phi) is 7.28. The fourth-order valence-electron chi connectivity index (χ4n) is 4.49. The van der Waals surface area contributed by atoms with Gasteiger partial charge in [0.2, 0.25) is 0 Å². The van der Waals surface area contributed by atoms with Gasteiger partial charge in [0.05, 0.1) is 22.2 Å². The Bertz CT molecular complexity index is 1910. The number of nitrogens with zero attached hydrogens (tertiary/aromatic N) is 5. The molecular weight excluding hydrogens is 554 g/mol. The van der Waals surface area contributed by atoms with Gasteiger partial charge in [-0.3, -0.25) is 4.79 Å². The van der Waals surface area contributed by atoms with Crippen molar-refractivity contribution in [3.63, 3.8) is 0 Å². The molecule has 13 heteroatoms. The van der Waals surface area contributed by atoms with Crippen molar-refractivity contribution in [3.8, 4) is 40.2 Å². The minimum Gasteiger partial charge on any atom is -0.424 e. The van der Waals surface area contributed by atoms with Crippen LogP contribution < -0.4 is 15.8 Å². The highest BCUT2D eigenvalue weighted by Crippen LogP contribution is 2.44. The first-order chi connectivity index (χ1) is 20.1. The standard InChI is InChI=1S/C29H19F4N7O2/c1-14(30)28(41)38-17-5-8-19(20(31)11-17)25-22(23-24(40(25)2)16(12-34)13-37-27(23)35)15-3-6-18(7-4-15)42-29-36-10-9-21(39-29)26(32)33/h3-11,13,26H,1H2,2H3,(H2,35,37)(H,38,41). The van der Waals surface area contributed by atoms with Gasteiger partial charge in [-0.15, -0.1) is 0 Å².